The maximum absolute atomic E-state index is 13.0. The van der Waals surface area contributed by atoms with Crippen molar-refractivity contribution in [2.24, 2.45) is 7.05 Å². The SMILES string of the molecule is CCOc1nc2nn(C)cc2cc1C(=O)Nc1ccc(N2CCN(C(=O)OC(C)(C)C)CC2)nn1. The Morgan fingerprint density at radius 1 is 1.11 bits per heavy atom. The highest BCUT2D eigenvalue weighted by Gasteiger charge is 2.26. The Labute approximate surface area is 203 Å². The van der Waals surface area contributed by atoms with Gasteiger partial charge in [0.25, 0.3) is 5.91 Å². The van der Waals surface area contributed by atoms with Crippen LogP contribution in [-0.2, 0) is 11.8 Å². The van der Waals surface area contributed by atoms with Crippen molar-refractivity contribution in [2.75, 3.05) is 43.0 Å². The van der Waals surface area contributed by atoms with Crippen LogP contribution in [0.25, 0.3) is 11.0 Å². The predicted octanol–water partition coefficient (Wildman–Crippen LogP) is 2.47. The first-order chi connectivity index (χ1) is 16.6. The lowest BCUT2D eigenvalue weighted by atomic mass is 10.2. The van der Waals surface area contributed by atoms with E-state index in [0.29, 0.717) is 50.1 Å². The van der Waals surface area contributed by atoms with E-state index in [9.17, 15) is 9.59 Å². The molecule has 0 unspecified atom stereocenters. The highest BCUT2D eigenvalue weighted by Crippen LogP contribution is 2.23. The van der Waals surface area contributed by atoms with E-state index < -0.39 is 11.5 Å². The molecular formula is C23H30N8O4. The molecule has 12 heteroatoms. The number of carbonyl (C=O) groups excluding carboxylic acids is 2. The molecule has 186 valence electrons. The molecule has 4 rings (SSSR count). The van der Waals surface area contributed by atoms with Crippen molar-refractivity contribution in [3.8, 4) is 5.88 Å². The number of aromatic nitrogens is 5. The van der Waals surface area contributed by atoms with Crippen LogP contribution in [0.3, 0.4) is 0 Å². The van der Waals surface area contributed by atoms with Crippen LogP contribution >= 0.6 is 0 Å². The number of nitrogens with one attached hydrogen (secondary N) is 1. The molecule has 12 nitrogen and oxygen atoms in total. The molecule has 35 heavy (non-hydrogen) atoms. The van der Waals surface area contributed by atoms with Crippen molar-refractivity contribution in [2.45, 2.75) is 33.3 Å². The van der Waals surface area contributed by atoms with Gasteiger partial charge in [-0.1, -0.05) is 0 Å². The van der Waals surface area contributed by atoms with Gasteiger partial charge in [-0.25, -0.2) is 4.79 Å². The van der Waals surface area contributed by atoms with E-state index >= 15 is 0 Å². The van der Waals surface area contributed by atoms with Crippen LogP contribution in [0, 0.1) is 0 Å². The summed E-state index contributed by atoms with van der Waals surface area (Å²) in [7, 11) is 1.79. The minimum absolute atomic E-state index is 0.212. The van der Waals surface area contributed by atoms with Crippen molar-refractivity contribution >= 4 is 34.7 Å². The second-order valence-corrected chi connectivity index (χ2v) is 9.18. The fourth-order valence-corrected chi connectivity index (χ4v) is 3.66. The normalized spacial score (nSPS) is 14.2. The minimum atomic E-state index is -0.525. The summed E-state index contributed by atoms with van der Waals surface area (Å²) in [5, 5.41) is 16.2. The van der Waals surface area contributed by atoms with E-state index in [0.717, 1.165) is 5.39 Å². The molecule has 1 aliphatic heterocycles. The van der Waals surface area contributed by atoms with Crippen molar-refractivity contribution in [3.05, 3.63) is 30.0 Å². The van der Waals surface area contributed by atoms with Gasteiger partial charge in [0.05, 0.1) is 6.61 Å². The number of nitrogens with zero attached hydrogens (tertiary/aromatic N) is 7. The number of fused-ring (bicyclic) bond motifs is 1. The standard InChI is InChI=1S/C23H30N8O4/c1-6-34-21-16(13-15-14-29(5)28-19(15)25-21)20(32)24-17-7-8-18(27-26-17)30-9-11-31(12-10-30)22(33)35-23(2,3)4/h7-8,13-14H,6,9-12H2,1-5H3,(H,24,26,32). The second-order valence-electron chi connectivity index (χ2n) is 9.18. The fourth-order valence-electron chi connectivity index (χ4n) is 3.66. The third-order valence-corrected chi connectivity index (χ3v) is 5.25. The topological polar surface area (TPSA) is 128 Å². The molecule has 0 saturated carbocycles. The second kappa shape index (κ2) is 9.72. The van der Waals surface area contributed by atoms with E-state index in [1.165, 1.54) is 0 Å². The van der Waals surface area contributed by atoms with Gasteiger partial charge in [0.1, 0.15) is 11.2 Å². The molecule has 1 aliphatic rings. The lowest BCUT2D eigenvalue weighted by Crippen LogP contribution is -2.50. The zero-order valence-electron chi connectivity index (χ0n) is 20.6. The van der Waals surface area contributed by atoms with Crippen molar-refractivity contribution in [1.82, 2.24) is 29.9 Å². The van der Waals surface area contributed by atoms with Gasteiger partial charge < -0.3 is 24.6 Å². The number of amides is 2. The Bertz CT molecular complexity index is 1210. The molecule has 0 aliphatic carbocycles. The van der Waals surface area contributed by atoms with Crippen molar-refractivity contribution < 1.29 is 19.1 Å². The van der Waals surface area contributed by atoms with E-state index in [4.69, 9.17) is 9.47 Å². The lowest BCUT2D eigenvalue weighted by Gasteiger charge is -2.35. The summed E-state index contributed by atoms with van der Waals surface area (Å²) in [6.45, 7) is 10.00. The van der Waals surface area contributed by atoms with E-state index in [-0.39, 0.29) is 17.5 Å². The summed E-state index contributed by atoms with van der Waals surface area (Å²) in [6, 6.07) is 5.18. The molecule has 1 N–H and O–H groups in total. The zero-order valence-corrected chi connectivity index (χ0v) is 20.6. The van der Waals surface area contributed by atoms with E-state index in [1.807, 2.05) is 32.6 Å². The monoisotopic (exact) mass is 482 g/mol. The quantitative estimate of drug-likeness (QED) is 0.583. The fraction of sp³-hybridized carbons (Fsp3) is 0.478. The number of ether oxygens (including phenoxy) is 2. The number of hydrogen-bond donors (Lipinski definition) is 1. The van der Waals surface area contributed by atoms with E-state index in [1.54, 1.807) is 41.0 Å². The third kappa shape index (κ3) is 5.76. The van der Waals surface area contributed by atoms with Crippen molar-refractivity contribution in [3.63, 3.8) is 0 Å². The summed E-state index contributed by atoms with van der Waals surface area (Å²) in [5.41, 5.74) is 0.267. The van der Waals surface area contributed by atoms with E-state index in [2.05, 4.69) is 25.6 Å². The van der Waals surface area contributed by atoms with Gasteiger partial charge >= 0.3 is 6.09 Å². The number of anilines is 2. The molecular weight excluding hydrogens is 452 g/mol. The first-order valence-corrected chi connectivity index (χ1v) is 11.5. The maximum Gasteiger partial charge on any atom is 0.410 e. The van der Waals surface area contributed by atoms with Gasteiger partial charge in [-0.3, -0.25) is 9.48 Å². The Balaban J connectivity index is 1.40. The molecule has 4 heterocycles. The third-order valence-electron chi connectivity index (χ3n) is 5.25. The highest BCUT2D eigenvalue weighted by molar-refractivity contribution is 6.07. The average molecular weight is 483 g/mol. The number of piperazine rings is 1. The highest BCUT2D eigenvalue weighted by atomic mass is 16.6. The molecule has 1 saturated heterocycles. The van der Waals surface area contributed by atoms with Gasteiger partial charge in [0, 0.05) is 44.8 Å². The molecule has 3 aromatic rings. The molecule has 0 aromatic carbocycles. The van der Waals surface area contributed by atoms with Crippen LogP contribution in [0.5, 0.6) is 5.88 Å². The number of rotatable bonds is 5. The molecule has 0 bridgehead atoms. The summed E-state index contributed by atoms with van der Waals surface area (Å²) in [6.07, 6.45) is 1.47. The summed E-state index contributed by atoms with van der Waals surface area (Å²) in [5.74, 6) is 0.781. The number of aryl methyl sites for hydroxylation is 1. The Morgan fingerprint density at radius 2 is 1.86 bits per heavy atom. The molecule has 0 spiro atoms. The van der Waals surface area contributed by atoms with Crippen LogP contribution in [0.2, 0.25) is 0 Å². The summed E-state index contributed by atoms with van der Waals surface area (Å²) in [4.78, 5) is 33.3. The van der Waals surface area contributed by atoms with Crippen LogP contribution < -0.4 is 15.0 Å². The first kappa shape index (κ1) is 24.2. The van der Waals surface area contributed by atoms with Crippen LogP contribution in [-0.4, -0.2) is 80.2 Å². The maximum atomic E-state index is 13.0. The minimum Gasteiger partial charge on any atom is -0.477 e. The van der Waals surface area contributed by atoms with Gasteiger partial charge in [-0.2, -0.15) is 10.1 Å². The van der Waals surface area contributed by atoms with Gasteiger partial charge in [0.15, 0.2) is 17.3 Å². The van der Waals surface area contributed by atoms with Crippen LogP contribution in [0.4, 0.5) is 16.4 Å². The molecule has 2 amide bonds. The largest absolute Gasteiger partial charge is 0.477 e. The predicted molar refractivity (Wildman–Crippen MR) is 130 cm³/mol. The van der Waals surface area contributed by atoms with Crippen LogP contribution in [0.1, 0.15) is 38.1 Å². The number of pyridine rings is 1. The Kier molecular flexibility index (Phi) is 6.72. The van der Waals surface area contributed by atoms with Gasteiger partial charge in [-0.05, 0) is 45.9 Å². The van der Waals surface area contributed by atoms with Crippen LogP contribution in [0.15, 0.2) is 24.4 Å². The summed E-state index contributed by atoms with van der Waals surface area (Å²) >= 11 is 0. The first-order valence-electron chi connectivity index (χ1n) is 11.5. The zero-order chi connectivity index (χ0) is 25.2. The molecule has 0 radical (unpaired) electrons. The summed E-state index contributed by atoms with van der Waals surface area (Å²) < 4.78 is 12.6. The Morgan fingerprint density at radius 3 is 2.49 bits per heavy atom. The smallest absolute Gasteiger partial charge is 0.410 e. The molecule has 0 atom stereocenters. The molecule has 1 fully saturated rings. The average Bonchev–Trinajstić information content (AvgIpc) is 3.17. The lowest BCUT2D eigenvalue weighted by molar-refractivity contribution is 0.0240. The number of carbonyl (C=O) groups is 2. The van der Waals surface area contributed by atoms with Gasteiger partial charge in [0.2, 0.25) is 5.88 Å². The number of hydrogen-bond acceptors (Lipinski definition) is 9. The van der Waals surface area contributed by atoms with Crippen molar-refractivity contribution in [1.29, 1.82) is 0 Å². The molecule has 3 aromatic heterocycles. The Hall–Kier alpha value is -3.96. The van der Waals surface area contributed by atoms with Gasteiger partial charge in [-0.15, -0.1) is 10.2 Å².